The Morgan fingerprint density at radius 2 is 2.08 bits per heavy atom. The van der Waals surface area contributed by atoms with Gasteiger partial charge in [0.2, 0.25) is 5.91 Å². The monoisotopic (exact) mass is 234 g/mol. The smallest absolute Gasteiger partial charge is 0.233 e. The number of hydrogen-bond acceptors (Lipinski definition) is 2. The summed E-state index contributed by atoms with van der Waals surface area (Å²) in [7, 11) is 2.10. The molecule has 1 aliphatic heterocycles. The van der Waals surface area contributed by atoms with Gasteiger partial charge in [0.15, 0.2) is 0 Å². The van der Waals surface area contributed by atoms with E-state index >= 15 is 0 Å². The van der Waals surface area contributed by atoms with Gasteiger partial charge < -0.3 is 9.80 Å². The maximum atomic E-state index is 11.3. The van der Waals surface area contributed by atoms with Crippen molar-refractivity contribution in [3.8, 4) is 0 Å². The molecule has 0 aromatic rings. The first-order valence-corrected chi connectivity index (χ1v) is 5.38. The highest BCUT2D eigenvalue weighted by Crippen LogP contribution is 2.02. The van der Waals surface area contributed by atoms with Crippen LogP contribution < -0.4 is 0 Å². The van der Waals surface area contributed by atoms with Crippen LogP contribution in [0.25, 0.3) is 0 Å². The summed E-state index contributed by atoms with van der Waals surface area (Å²) < 4.78 is 0. The maximum Gasteiger partial charge on any atom is 0.233 e. The van der Waals surface area contributed by atoms with Crippen molar-refractivity contribution < 1.29 is 4.79 Å². The first-order chi connectivity index (χ1) is 5.74. The summed E-state index contributed by atoms with van der Waals surface area (Å²) in [6.07, 6.45) is 1.09. The Labute approximate surface area is 81.8 Å². The Morgan fingerprint density at radius 1 is 1.33 bits per heavy atom. The van der Waals surface area contributed by atoms with Gasteiger partial charge in [0, 0.05) is 19.6 Å². The Bertz CT molecular complexity index is 163. The zero-order valence-electron chi connectivity index (χ0n) is 7.42. The van der Waals surface area contributed by atoms with Gasteiger partial charge >= 0.3 is 0 Å². The third kappa shape index (κ3) is 2.75. The van der Waals surface area contributed by atoms with Crippen LogP contribution in [0.5, 0.6) is 0 Å². The van der Waals surface area contributed by atoms with Crippen molar-refractivity contribution in [1.29, 1.82) is 0 Å². The molecule has 0 aliphatic carbocycles. The summed E-state index contributed by atoms with van der Waals surface area (Å²) in [6.45, 7) is 3.89. The lowest BCUT2D eigenvalue weighted by molar-refractivity contribution is -0.128. The normalized spacial score (nSPS) is 20.7. The zero-order chi connectivity index (χ0) is 8.97. The molecule has 0 unspecified atom stereocenters. The van der Waals surface area contributed by atoms with E-state index in [1.807, 2.05) is 4.90 Å². The van der Waals surface area contributed by atoms with Crippen molar-refractivity contribution >= 4 is 21.8 Å². The first-order valence-electron chi connectivity index (χ1n) is 4.26. The van der Waals surface area contributed by atoms with Crippen molar-refractivity contribution in [3.63, 3.8) is 0 Å². The van der Waals surface area contributed by atoms with Gasteiger partial charge in [0.1, 0.15) is 0 Å². The first kappa shape index (κ1) is 9.99. The molecule has 0 radical (unpaired) electrons. The lowest BCUT2D eigenvalue weighted by Crippen LogP contribution is -2.35. The van der Waals surface area contributed by atoms with Crippen molar-refractivity contribution in [2.24, 2.45) is 0 Å². The Morgan fingerprint density at radius 3 is 2.75 bits per heavy atom. The highest BCUT2D eigenvalue weighted by molar-refractivity contribution is 9.09. The highest BCUT2D eigenvalue weighted by atomic mass is 79.9. The second-order valence-electron chi connectivity index (χ2n) is 3.17. The predicted molar refractivity (Wildman–Crippen MR) is 52.5 cm³/mol. The average Bonchev–Trinajstić information content (AvgIpc) is 2.29. The van der Waals surface area contributed by atoms with Crippen LogP contribution in [0.2, 0.25) is 0 Å². The molecule has 1 amide bonds. The van der Waals surface area contributed by atoms with Crippen LogP contribution in [-0.4, -0.2) is 54.3 Å². The molecular weight excluding hydrogens is 220 g/mol. The standard InChI is InChI=1S/C8H15BrN2O/c1-10-3-2-4-11(6-5-10)8(12)7-9/h2-7H2,1H3. The molecule has 1 aliphatic rings. The number of rotatable bonds is 1. The summed E-state index contributed by atoms with van der Waals surface area (Å²) >= 11 is 3.19. The van der Waals surface area contributed by atoms with Gasteiger partial charge in [-0.3, -0.25) is 4.79 Å². The van der Waals surface area contributed by atoms with E-state index in [-0.39, 0.29) is 5.91 Å². The molecule has 1 fully saturated rings. The molecule has 3 nitrogen and oxygen atoms in total. The molecule has 0 bridgehead atoms. The van der Waals surface area contributed by atoms with E-state index in [9.17, 15) is 4.79 Å². The van der Waals surface area contributed by atoms with Gasteiger partial charge in [-0.1, -0.05) is 15.9 Å². The van der Waals surface area contributed by atoms with Gasteiger partial charge in [-0.2, -0.15) is 0 Å². The molecule has 1 rings (SSSR count). The number of amides is 1. The van der Waals surface area contributed by atoms with Crippen molar-refractivity contribution in [1.82, 2.24) is 9.80 Å². The summed E-state index contributed by atoms with van der Waals surface area (Å²) in [5.74, 6) is 0.213. The van der Waals surface area contributed by atoms with Crippen LogP contribution in [0, 0.1) is 0 Å². The van der Waals surface area contributed by atoms with E-state index in [2.05, 4.69) is 27.9 Å². The van der Waals surface area contributed by atoms with Crippen molar-refractivity contribution in [2.75, 3.05) is 38.6 Å². The van der Waals surface area contributed by atoms with E-state index < -0.39 is 0 Å². The zero-order valence-corrected chi connectivity index (χ0v) is 9.01. The van der Waals surface area contributed by atoms with Crippen LogP contribution in [0.1, 0.15) is 6.42 Å². The highest BCUT2D eigenvalue weighted by Gasteiger charge is 2.15. The second kappa shape index (κ2) is 4.82. The van der Waals surface area contributed by atoms with Gasteiger partial charge in [-0.15, -0.1) is 0 Å². The number of likely N-dealkylation sites (N-methyl/N-ethyl adjacent to an activating group) is 1. The van der Waals surface area contributed by atoms with E-state index in [0.717, 1.165) is 32.6 Å². The molecule has 1 saturated heterocycles. The Kier molecular flexibility index (Phi) is 4.01. The van der Waals surface area contributed by atoms with Crippen LogP contribution in [0.3, 0.4) is 0 Å². The summed E-state index contributed by atoms with van der Waals surface area (Å²) in [5, 5.41) is 0.455. The number of alkyl halides is 1. The maximum absolute atomic E-state index is 11.3. The third-order valence-electron chi connectivity index (χ3n) is 2.19. The number of nitrogens with zero attached hydrogens (tertiary/aromatic N) is 2. The van der Waals surface area contributed by atoms with Crippen molar-refractivity contribution in [3.05, 3.63) is 0 Å². The number of halogens is 1. The molecule has 70 valence electrons. The minimum atomic E-state index is 0.213. The van der Waals surface area contributed by atoms with Gasteiger partial charge in [0.05, 0.1) is 5.33 Å². The lowest BCUT2D eigenvalue weighted by atomic mass is 10.4. The topological polar surface area (TPSA) is 23.6 Å². The number of hydrogen-bond donors (Lipinski definition) is 0. The van der Waals surface area contributed by atoms with Crippen LogP contribution >= 0.6 is 15.9 Å². The summed E-state index contributed by atoms with van der Waals surface area (Å²) in [4.78, 5) is 15.5. The average molecular weight is 235 g/mol. The largest absolute Gasteiger partial charge is 0.341 e. The molecule has 0 saturated carbocycles. The fourth-order valence-electron chi connectivity index (χ4n) is 1.38. The Balaban J connectivity index is 2.40. The number of carbonyl (C=O) groups excluding carboxylic acids is 1. The quantitative estimate of drug-likeness (QED) is 0.619. The van der Waals surface area contributed by atoms with E-state index in [1.54, 1.807) is 0 Å². The molecule has 12 heavy (non-hydrogen) atoms. The van der Waals surface area contributed by atoms with E-state index in [1.165, 1.54) is 0 Å². The van der Waals surface area contributed by atoms with Gasteiger partial charge in [0.25, 0.3) is 0 Å². The number of carbonyl (C=O) groups is 1. The molecular formula is C8H15BrN2O. The summed E-state index contributed by atoms with van der Waals surface area (Å²) in [5.41, 5.74) is 0. The fraction of sp³-hybridized carbons (Fsp3) is 0.875. The third-order valence-corrected chi connectivity index (χ3v) is 2.67. The van der Waals surface area contributed by atoms with Gasteiger partial charge in [-0.05, 0) is 20.0 Å². The van der Waals surface area contributed by atoms with Crippen LogP contribution in [-0.2, 0) is 4.79 Å². The lowest BCUT2D eigenvalue weighted by Gasteiger charge is -2.19. The van der Waals surface area contributed by atoms with E-state index in [0.29, 0.717) is 5.33 Å². The summed E-state index contributed by atoms with van der Waals surface area (Å²) in [6, 6.07) is 0. The molecule has 1 heterocycles. The second-order valence-corrected chi connectivity index (χ2v) is 3.73. The molecule has 0 aromatic carbocycles. The minimum Gasteiger partial charge on any atom is -0.341 e. The SMILES string of the molecule is CN1CCCN(C(=O)CBr)CC1. The van der Waals surface area contributed by atoms with Crippen LogP contribution in [0.4, 0.5) is 0 Å². The molecule has 0 spiro atoms. The molecule has 0 aromatic heterocycles. The molecule has 0 N–H and O–H groups in total. The van der Waals surface area contributed by atoms with Gasteiger partial charge in [-0.25, -0.2) is 0 Å². The minimum absolute atomic E-state index is 0.213. The van der Waals surface area contributed by atoms with Crippen molar-refractivity contribution in [2.45, 2.75) is 6.42 Å². The molecule has 4 heteroatoms. The fourth-order valence-corrected chi connectivity index (χ4v) is 1.74. The van der Waals surface area contributed by atoms with Crippen LogP contribution in [0.15, 0.2) is 0 Å². The van der Waals surface area contributed by atoms with E-state index in [4.69, 9.17) is 0 Å². The Hall–Kier alpha value is -0.0900. The molecule has 0 atom stereocenters. The predicted octanol–water partition coefficient (Wildman–Crippen LogP) is 0.545.